The summed E-state index contributed by atoms with van der Waals surface area (Å²) in [5, 5.41) is 3.15. The molecular formula is C29H34N2O2. The van der Waals surface area contributed by atoms with Crippen LogP contribution in [0, 0.1) is 0 Å². The van der Waals surface area contributed by atoms with Crippen molar-refractivity contribution in [3.05, 3.63) is 101 Å². The van der Waals surface area contributed by atoms with E-state index in [0.29, 0.717) is 0 Å². The molecule has 4 nitrogen and oxygen atoms in total. The summed E-state index contributed by atoms with van der Waals surface area (Å²) in [6.07, 6.45) is 0. The van der Waals surface area contributed by atoms with E-state index in [1.807, 2.05) is 66.7 Å². The van der Waals surface area contributed by atoms with Crippen molar-refractivity contribution in [2.45, 2.75) is 52.5 Å². The van der Waals surface area contributed by atoms with Crippen LogP contribution in [-0.2, 0) is 9.59 Å². The number of benzene rings is 3. The number of nitrogens with one attached hydrogen (secondary N) is 1. The fraction of sp³-hybridized carbons (Fsp3) is 0.310. The molecule has 0 unspecified atom stereocenters. The molecule has 33 heavy (non-hydrogen) atoms. The zero-order chi connectivity index (χ0) is 24.0. The Labute approximate surface area is 197 Å². The van der Waals surface area contributed by atoms with Crippen molar-refractivity contribution in [3.8, 4) is 0 Å². The van der Waals surface area contributed by atoms with Crippen LogP contribution in [0.15, 0.2) is 78.9 Å². The number of hydrogen-bond acceptors (Lipinski definition) is 2. The van der Waals surface area contributed by atoms with E-state index in [2.05, 4.69) is 45.1 Å². The standard InChI is InChI=1S/C29H34N2O2/c1-20(2)25-17-12-18-26(21(3)4)28(25)30-27(33)19-31(22(5)32)29(23-13-8-6-9-14-23)24-15-10-7-11-16-24/h6-18,20-21,29H,19H2,1-5H3,(H,30,33). The summed E-state index contributed by atoms with van der Waals surface area (Å²) < 4.78 is 0. The van der Waals surface area contributed by atoms with Gasteiger partial charge in [-0.25, -0.2) is 0 Å². The van der Waals surface area contributed by atoms with Gasteiger partial charge in [0.25, 0.3) is 0 Å². The third-order valence-corrected chi connectivity index (χ3v) is 5.90. The molecule has 0 heterocycles. The number of anilines is 1. The van der Waals surface area contributed by atoms with Crippen LogP contribution in [0.1, 0.15) is 74.8 Å². The van der Waals surface area contributed by atoms with Gasteiger partial charge in [0.05, 0.1) is 6.04 Å². The molecule has 172 valence electrons. The second-order valence-electron chi connectivity index (χ2n) is 9.04. The average Bonchev–Trinajstić information content (AvgIpc) is 2.79. The average molecular weight is 443 g/mol. The smallest absolute Gasteiger partial charge is 0.244 e. The lowest BCUT2D eigenvalue weighted by molar-refractivity contribution is -0.134. The van der Waals surface area contributed by atoms with Gasteiger partial charge in [-0.15, -0.1) is 0 Å². The maximum atomic E-state index is 13.3. The SMILES string of the molecule is CC(=O)N(CC(=O)Nc1c(C(C)C)cccc1C(C)C)C(c1ccccc1)c1ccccc1. The summed E-state index contributed by atoms with van der Waals surface area (Å²) in [5.41, 5.74) is 5.01. The first-order valence-electron chi connectivity index (χ1n) is 11.6. The number of carbonyl (C=O) groups is 2. The first kappa shape index (κ1) is 24.2. The third kappa shape index (κ3) is 5.89. The molecule has 0 aliphatic carbocycles. The summed E-state index contributed by atoms with van der Waals surface area (Å²) in [6.45, 7) is 9.98. The van der Waals surface area contributed by atoms with E-state index in [1.165, 1.54) is 6.92 Å². The molecule has 0 saturated carbocycles. The van der Waals surface area contributed by atoms with Gasteiger partial charge in [-0.1, -0.05) is 107 Å². The minimum atomic E-state index is -0.347. The van der Waals surface area contributed by atoms with Crippen LogP contribution in [0.4, 0.5) is 5.69 Å². The van der Waals surface area contributed by atoms with Crippen LogP contribution in [0.3, 0.4) is 0 Å². The normalized spacial score (nSPS) is 11.2. The molecule has 4 heteroatoms. The van der Waals surface area contributed by atoms with Gasteiger partial charge in [0.15, 0.2) is 0 Å². The molecule has 0 aliphatic heterocycles. The van der Waals surface area contributed by atoms with E-state index >= 15 is 0 Å². The van der Waals surface area contributed by atoms with Crippen LogP contribution in [0.25, 0.3) is 0 Å². The number of hydrogen-bond donors (Lipinski definition) is 1. The predicted molar refractivity (Wildman–Crippen MR) is 135 cm³/mol. The molecule has 3 rings (SSSR count). The highest BCUT2D eigenvalue weighted by molar-refractivity contribution is 5.96. The highest BCUT2D eigenvalue weighted by atomic mass is 16.2. The maximum absolute atomic E-state index is 13.3. The summed E-state index contributed by atoms with van der Waals surface area (Å²) in [5.74, 6) is 0.190. The largest absolute Gasteiger partial charge is 0.324 e. The van der Waals surface area contributed by atoms with Crippen LogP contribution < -0.4 is 5.32 Å². The number of rotatable bonds is 8. The first-order chi connectivity index (χ1) is 15.8. The Bertz CT molecular complexity index is 1010. The van der Waals surface area contributed by atoms with Crippen LogP contribution in [0.5, 0.6) is 0 Å². The topological polar surface area (TPSA) is 49.4 Å². The van der Waals surface area contributed by atoms with Gasteiger partial charge in [0, 0.05) is 12.6 Å². The van der Waals surface area contributed by atoms with Gasteiger partial charge in [-0.05, 0) is 34.1 Å². The number of amides is 2. The second kappa shape index (κ2) is 11.0. The molecule has 0 bridgehead atoms. The lowest BCUT2D eigenvalue weighted by atomic mass is 9.92. The second-order valence-corrected chi connectivity index (χ2v) is 9.04. The Balaban J connectivity index is 1.96. The quantitative estimate of drug-likeness (QED) is 0.432. The van der Waals surface area contributed by atoms with E-state index in [0.717, 1.165) is 27.9 Å². The number of para-hydroxylation sites is 1. The molecule has 0 aromatic heterocycles. The highest BCUT2D eigenvalue weighted by Gasteiger charge is 2.27. The Morgan fingerprint density at radius 2 is 1.18 bits per heavy atom. The third-order valence-electron chi connectivity index (χ3n) is 5.90. The van der Waals surface area contributed by atoms with Gasteiger partial charge < -0.3 is 10.2 Å². The van der Waals surface area contributed by atoms with Crippen molar-refractivity contribution in [2.24, 2.45) is 0 Å². The minimum Gasteiger partial charge on any atom is -0.324 e. The van der Waals surface area contributed by atoms with Crippen molar-refractivity contribution >= 4 is 17.5 Å². The van der Waals surface area contributed by atoms with E-state index in [-0.39, 0.29) is 36.2 Å². The fourth-order valence-electron chi connectivity index (χ4n) is 4.24. The molecule has 2 amide bonds. The fourth-order valence-corrected chi connectivity index (χ4v) is 4.24. The van der Waals surface area contributed by atoms with Crippen LogP contribution >= 0.6 is 0 Å². The molecule has 1 N–H and O–H groups in total. The Morgan fingerprint density at radius 3 is 1.58 bits per heavy atom. The van der Waals surface area contributed by atoms with Crippen molar-refractivity contribution in [1.82, 2.24) is 4.90 Å². The lowest BCUT2D eigenvalue weighted by Crippen LogP contribution is -2.40. The van der Waals surface area contributed by atoms with Crippen molar-refractivity contribution < 1.29 is 9.59 Å². The summed E-state index contributed by atoms with van der Waals surface area (Å²) >= 11 is 0. The molecule has 0 spiro atoms. The molecule has 3 aromatic rings. The first-order valence-corrected chi connectivity index (χ1v) is 11.6. The number of nitrogens with zero attached hydrogens (tertiary/aromatic N) is 1. The Kier molecular flexibility index (Phi) is 8.05. The minimum absolute atomic E-state index is 0.0340. The Hall–Kier alpha value is -3.40. The molecule has 3 aromatic carbocycles. The molecule has 0 saturated heterocycles. The summed E-state index contributed by atoms with van der Waals surface area (Å²) in [6, 6.07) is 25.5. The van der Waals surface area contributed by atoms with Crippen molar-refractivity contribution in [1.29, 1.82) is 0 Å². The Morgan fingerprint density at radius 1 is 0.727 bits per heavy atom. The molecule has 0 atom stereocenters. The summed E-state index contributed by atoms with van der Waals surface area (Å²) in [7, 11) is 0. The summed E-state index contributed by atoms with van der Waals surface area (Å²) in [4.78, 5) is 27.8. The maximum Gasteiger partial charge on any atom is 0.244 e. The van der Waals surface area contributed by atoms with E-state index in [9.17, 15) is 9.59 Å². The van der Waals surface area contributed by atoms with Gasteiger partial charge in [0.2, 0.25) is 11.8 Å². The van der Waals surface area contributed by atoms with Gasteiger partial charge in [0.1, 0.15) is 6.54 Å². The van der Waals surface area contributed by atoms with E-state index < -0.39 is 0 Å². The van der Waals surface area contributed by atoms with Gasteiger partial charge in [-0.3, -0.25) is 9.59 Å². The lowest BCUT2D eigenvalue weighted by Gasteiger charge is -2.32. The van der Waals surface area contributed by atoms with E-state index in [4.69, 9.17) is 0 Å². The zero-order valence-corrected chi connectivity index (χ0v) is 20.2. The zero-order valence-electron chi connectivity index (χ0n) is 20.2. The van der Waals surface area contributed by atoms with Gasteiger partial charge in [-0.2, -0.15) is 0 Å². The highest BCUT2D eigenvalue weighted by Crippen LogP contribution is 2.33. The van der Waals surface area contributed by atoms with Crippen LogP contribution in [-0.4, -0.2) is 23.3 Å². The van der Waals surface area contributed by atoms with Crippen molar-refractivity contribution in [2.75, 3.05) is 11.9 Å². The van der Waals surface area contributed by atoms with Crippen molar-refractivity contribution in [3.63, 3.8) is 0 Å². The van der Waals surface area contributed by atoms with E-state index in [1.54, 1.807) is 4.90 Å². The van der Waals surface area contributed by atoms with Crippen LogP contribution in [0.2, 0.25) is 0 Å². The molecule has 0 aliphatic rings. The molecule has 0 fully saturated rings. The molecule has 0 radical (unpaired) electrons. The number of carbonyl (C=O) groups excluding carboxylic acids is 2. The monoisotopic (exact) mass is 442 g/mol. The van der Waals surface area contributed by atoms with Gasteiger partial charge >= 0.3 is 0 Å². The molecular weight excluding hydrogens is 408 g/mol. The predicted octanol–water partition coefficient (Wildman–Crippen LogP) is 6.51.